The Hall–Kier alpha value is -0.120. The van der Waals surface area contributed by atoms with E-state index in [1.165, 1.54) is 14.9 Å². The third kappa shape index (κ3) is 2.03. The molecule has 0 radical (unpaired) electrons. The van der Waals surface area contributed by atoms with Gasteiger partial charge in [-0.25, -0.2) is 0 Å². The second kappa shape index (κ2) is 3.95. The molecule has 0 nitrogen and oxygen atoms in total. The first-order valence-electron chi connectivity index (χ1n) is 3.81. The fourth-order valence-corrected chi connectivity index (χ4v) is 3.35. The summed E-state index contributed by atoms with van der Waals surface area (Å²) in [4.78, 5) is 0. The molecule has 0 spiro atoms. The van der Waals surface area contributed by atoms with Gasteiger partial charge in [-0.1, -0.05) is 30.3 Å². The molecule has 66 valence electrons. The van der Waals surface area contributed by atoms with Gasteiger partial charge in [0.1, 0.15) is 0 Å². The molecule has 2 rings (SSSR count). The Balaban J connectivity index is 2.48. The molecule has 0 N–H and O–H groups in total. The van der Waals surface area contributed by atoms with Crippen molar-refractivity contribution in [3.63, 3.8) is 0 Å². The van der Waals surface area contributed by atoms with Gasteiger partial charge in [-0.2, -0.15) is 0 Å². The van der Waals surface area contributed by atoms with Crippen LogP contribution in [0.25, 0.3) is 11.1 Å². The molecule has 0 aliphatic carbocycles. The molecule has 2 aromatic rings. The second-order valence-corrected chi connectivity index (χ2v) is 7.39. The molecule has 13 heavy (non-hydrogen) atoms. The maximum atomic E-state index is 3.58. The Bertz CT molecular complexity index is 387. The Morgan fingerprint density at radius 1 is 1.00 bits per heavy atom. The molecule has 1 aromatic carbocycles. The third-order valence-corrected chi connectivity index (χ3v) is 6.93. The molecule has 0 saturated carbocycles. The lowest BCUT2D eigenvalue weighted by atomic mass is 10.1. The van der Waals surface area contributed by atoms with Gasteiger partial charge in [-0.05, 0) is 5.56 Å². The quantitative estimate of drug-likeness (QED) is 0.647. The molecular formula is C10H7Br2S+. The van der Waals surface area contributed by atoms with Gasteiger partial charge < -0.3 is 0 Å². The summed E-state index contributed by atoms with van der Waals surface area (Å²) < 4.78 is 1.21. The number of hydrogen-bond donors (Lipinski definition) is 0. The Labute approximate surface area is 95.9 Å². The van der Waals surface area contributed by atoms with Gasteiger partial charge in [0.05, 0.1) is 8.90 Å². The first-order chi connectivity index (χ1) is 6.27. The first-order valence-corrected chi connectivity index (χ1v) is 7.73. The van der Waals surface area contributed by atoms with E-state index >= 15 is 0 Å². The summed E-state index contributed by atoms with van der Waals surface area (Å²) in [6.07, 6.45) is 0. The van der Waals surface area contributed by atoms with Gasteiger partial charge in [-0.15, -0.1) is 0 Å². The van der Waals surface area contributed by atoms with Crippen LogP contribution in [0, 0.1) is 0 Å². The van der Waals surface area contributed by atoms with Crippen LogP contribution in [0.1, 0.15) is 0 Å². The van der Waals surface area contributed by atoms with Crippen molar-refractivity contribution in [1.29, 1.82) is 0 Å². The van der Waals surface area contributed by atoms with Gasteiger partial charge in [0.2, 0.25) is 3.79 Å². The van der Waals surface area contributed by atoms with Gasteiger partial charge in [0.25, 0.3) is 14.8 Å². The fourth-order valence-electron chi connectivity index (χ4n) is 1.16. The van der Waals surface area contributed by atoms with Crippen LogP contribution in [0.5, 0.6) is 0 Å². The highest BCUT2D eigenvalue weighted by molar-refractivity contribution is 9.35. The monoisotopic (exact) mass is 317 g/mol. The second-order valence-electron chi connectivity index (χ2n) is 2.67. The van der Waals surface area contributed by atoms with Crippen molar-refractivity contribution in [2.75, 3.05) is 0 Å². The van der Waals surface area contributed by atoms with E-state index in [0.29, 0.717) is 0 Å². The minimum absolute atomic E-state index is 0.0801. The highest BCUT2D eigenvalue weighted by atomic mass is 79.9. The van der Waals surface area contributed by atoms with Gasteiger partial charge in [0, 0.05) is 27.6 Å². The Morgan fingerprint density at radius 2 is 1.69 bits per heavy atom. The van der Waals surface area contributed by atoms with E-state index in [1.54, 1.807) is 0 Å². The van der Waals surface area contributed by atoms with Crippen molar-refractivity contribution in [3.05, 3.63) is 45.6 Å². The standard InChI is InChI=1S/C10H7Br2S/c11-10-6-9(7-13(10)12)8-4-2-1-3-5-8/h1-7H/q+1. The molecule has 1 atom stereocenters. The van der Waals surface area contributed by atoms with E-state index in [4.69, 9.17) is 0 Å². The minimum Gasteiger partial charge on any atom is -0.0622 e. The lowest BCUT2D eigenvalue weighted by molar-refractivity contribution is 1.67. The van der Waals surface area contributed by atoms with Crippen molar-refractivity contribution in [3.8, 4) is 11.1 Å². The highest BCUT2D eigenvalue weighted by Crippen LogP contribution is 2.41. The predicted molar refractivity (Wildman–Crippen MR) is 66.4 cm³/mol. The fraction of sp³-hybridized carbons (Fsp3) is 0. The van der Waals surface area contributed by atoms with Crippen LogP contribution in [0.15, 0.2) is 45.6 Å². The highest BCUT2D eigenvalue weighted by Gasteiger charge is 2.12. The topological polar surface area (TPSA) is 0 Å². The number of thiophene rings is 1. The van der Waals surface area contributed by atoms with Crippen LogP contribution >= 0.6 is 39.6 Å². The maximum Gasteiger partial charge on any atom is 0.269 e. The molecule has 0 saturated heterocycles. The number of rotatable bonds is 1. The lowest BCUT2D eigenvalue weighted by Crippen LogP contribution is -1.69. The van der Waals surface area contributed by atoms with Crippen LogP contribution < -0.4 is 0 Å². The van der Waals surface area contributed by atoms with E-state index < -0.39 is 0 Å². The zero-order valence-electron chi connectivity index (χ0n) is 6.71. The average molecular weight is 319 g/mol. The van der Waals surface area contributed by atoms with E-state index in [9.17, 15) is 0 Å². The van der Waals surface area contributed by atoms with Crippen molar-refractivity contribution >= 4 is 39.6 Å². The molecule has 0 fully saturated rings. The van der Waals surface area contributed by atoms with Crippen LogP contribution in [0.2, 0.25) is 0 Å². The molecule has 0 bridgehead atoms. The lowest BCUT2D eigenvalue weighted by Gasteiger charge is -1.91. The van der Waals surface area contributed by atoms with Crippen molar-refractivity contribution in [2.24, 2.45) is 0 Å². The summed E-state index contributed by atoms with van der Waals surface area (Å²) >= 11 is 7.09. The predicted octanol–water partition coefficient (Wildman–Crippen LogP) is 5.02. The summed E-state index contributed by atoms with van der Waals surface area (Å²) in [5, 5.41) is 2.22. The van der Waals surface area contributed by atoms with Gasteiger partial charge in [0.15, 0.2) is 5.38 Å². The summed E-state index contributed by atoms with van der Waals surface area (Å²) in [5.41, 5.74) is 2.56. The smallest absolute Gasteiger partial charge is 0.0622 e. The summed E-state index contributed by atoms with van der Waals surface area (Å²) in [7, 11) is 0.0801. The zero-order chi connectivity index (χ0) is 9.26. The molecule has 1 unspecified atom stereocenters. The molecule has 0 amide bonds. The van der Waals surface area contributed by atoms with Gasteiger partial charge in [-0.3, -0.25) is 0 Å². The largest absolute Gasteiger partial charge is 0.269 e. The molecule has 1 aromatic heterocycles. The van der Waals surface area contributed by atoms with E-state index in [0.717, 1.165) is 0 Å². The maximum absolute atomic E-state index is 3.58. The molecule has 0 aliphatic rings. The van der Waals surface area contributed by atoms with Crippen LogP contribution in [0.3, 0.4) is 0 Å². The summed E-state index contributed by atoms with van der Waals surface area (Å²) in [6, 6.07) is 12.6. The van der Waals surface area contributed by atoms with E-state index in [1.807, 2.05) is 6.07 Å². The molecule has 0 aliphatic heterocycles. The molecule has 3 heteroatoms. The first kappa shape index (κ1) is 9.44. The van der Waals surface area contributed by atoms with Crippen molar-refractivity contribution in [2.45, 2.75) is 0 Å². The molecular weight excluding hydrogens is 312 g/mol. The minimum atomic E-state index is 0.0801. The summed E-state index contributed by atoms with van der Waals surface area (Å²) in [6.45, 7) is 0. The Kier molecular flexibility index (Phi) is 2.86. The van der Waals surface area contributed by atoms with E-state index in [2.05, 4.69) is 66.5 Å². The SMILES string of the molecule is Brc1cc(-c2ccccc2)c[s+]1Br. The number of halogens is 2. The number of hydrogen-bond acceptors (Lipinski definition) is 0. The van der Waals surface area contributed by atoms with Crippen LogP contribution in [0.4, 0.5) is 0 Å². The average Bonchev–Trinajstić information content (AvgIpc) is 2.49. The third-order valence-electron chi connectivity index (χ3n) is 1.79. The normalized spacial score (nSPS) is 11.7. The number of benzene rings is 1. The van der Waals surface area contributed by atoms with Crippen molar-refractivity contribution < 1.29 is 0 Å². The van der Waals surface area contributed by atoms with E-state index in [-0.39, 0.29) is 8.90 Å². The van der Waals surface area contributed by atoms with Crippen LogP contribution in [-0.4, -0.2) is 0 Å². The zero-order valence-corrected chi connectivity index (χ0v) is 10.7. The molecule has 1 heterocycles. The van der Waals surface area contributed by atoms with Crippen LogP contribution in [-0.2, 0) is 0 Å². The summed E-state index contributed by atoms with van der Waals surface area (Å²) in [5.74, 6) is 0. The van der Waals surface area contributed by atoms with Crippen molar-refractivity contribution in [1.82, 2.24) is 0 Å². The Morgan fingerprint density at radius 3 is 2.23 bits per heavy atom. The van der Waals surface area contributed by atoms with Gasteiger partial charge >= 0.3 is 0 Å².